The van der Waals surface area contributed by atoms with Crippen molar-refractivity contribution < 1.29 is 5.11 Å². The first-order chi connectivity index (χ1) is 7.15. The van der Waals surface area contributed by atoms with Crippen LogP contribution in [-0.2, 0) is 12.8 Å². The number of hydrogen-bond donors (Lipinski definition) is 2. The van der Waals surface area contributed by atoms with E-state index >= 15 is 0 Å². The van der Waals surface area contributed by atoms with Crippen LogP contribution in [0.1, 0.15) is 30.6 Å². The first-order valence-corrected chi connectivity index (χ1v) is 5.53. The summed E-state index contributed by atoms with van der Waals surface area (Å²) in [6.07, 6.45) is 2.85. The van der Waals surface area contributed by atoms with Crippen LogP contribution < -0.4 is 5.69 Å². The standard InChI is InChI=1S/C10H14N2O2S/c1-6(5-13)12-8-4-2-3-7(8)9(15)11-10(12)14/h6,13H,2-5H2,1H3,(H,11,14,15). The predicted octanol–water partition coefficient (Wildman–Crippen LogP) is 0.948. The van der Waals surface area contributed by atoms with Crippen LogP contribution in [0.25, 0.3) is 0 Å². The van der Waals surface area contributed by atoms with Crippen LogP contribution in [-0.4, -0.2) is 21.3 Å². The molecule has 4 nitrogen and oxygen atoms in total. The van der Waals surface area contributed by atoms with Crippen LogP contribution in [0, 0.1) is 4.64 Å². The van der Waals surface area contributed by atoms with E-state index in [2.05, 4.69) is 4.98 Å². The number of nitrogens with one attached hydrogen (secondary N) is 1. The predicted molar refractivity (Wildman–Crippen MR) is 59.7 cm³/mol. The second-order valence-corrected chi connectivity index (χ2v) is 4.35. The number of rotatable bonds is 2. The Morgan fingerprint density at radius 3 is 3.00 bits per heavy atom. The smallest absolute Gasteiger partial charge is 0.327 e. The minimum Gasteiger partial charge on any atom is -0.394 e. The van der Waals surface area contributed by atoms with Gasteiger partial charge in [-0.1, -0.05) is 12.2 Å². The molecule has 1 aromatic heterocycles. The maximum Gasteiger partial charge on any atom is 0.327 e. The van der Waals surface area contributed by atoms with Gasteiger partial charge in [-0.25, -0.2) is 4.79 Å². The van der Waals surface area contributed by atoms with Gasteiger partial charge in [-0.3, -0.25) is 9.55 Å². The lowest BCUT2D eigenvalue weighted by Crippen LogP contribution is -2.30. The molecule has 0 aromatic carbocycles. The van der Waals surface area contributed by atoms with E-state index in [1.807, 2.05) is 6.92 Å². The average Bonchev–Trinajstić information content (AvgIpc) is 2.66. The Morgan fingerprint density at radius 2 is 2.33 bits per heavy atom. The van der Waals surface area contributed by atoms with Crippen molar-refractivity contribution in [1.82, 2.24) is 9.55 Å². The van der Waals surface area contributed by atoms with Crippen molar-refractivity contribution in [2.45, 2.75) is 32.2 Å². The summed E-state index contributed by atoms with van der Waals surface area (Å²) in [5.74, 6) is 0. The molecule has 0 saturated carbocycles. The largest absolute Gasteiger partial charge is 0.394 e. The van der Waals surface area contributed by atoms with Gasteiger partial charge in [0.05, 0.1) is 12.6 Å². The summed E-state index contributed by atoms with van der Waals surface area (Å²) < 4.78 is 2.20. The van der Waals surface area contributed by atoms with E-state index in [4.69, 9.17) is 17.3 Å². The Balaban J connectivity index is 2.70. The van der Waals surface area contributed by atoms with Crippen molar-refractivity contribution in [3.8, 4) is 0 Å². The Hall–Kier alpha value is -0.940. The van der Waals surface area contributed by atoms with Gasteiger partial charge in [-0.15, -0.1) is 0 Å². The molecule has 0 amide bonds. The van der Waals surface area contributed by atoms with Crippen LogP contribution in [0.2, 0.25) is 0 Å². The van der Waals surface area contributed by atoms with Crippen molar-refractivity contribution in [3.63, 3.8) is 0 Å². The van der Waals surface area contributed by atoms with E-state index in [9.17, 15) is 4.79 Å². The molecule has 0 aliphatic heterocycles. The average molecular weight is 226 g/mol. The van der Waals surface area contributed by atoms with Crippen LogP contribution in [0.15, 0.2) is 4.79 Å². The van der Waals surface area contributed by atoms with Crippen LogP contribution in [0.3, 0.4) is 0 Å². The Morgan fingerprint density at radius 1 is 1.60 bits per heavy atom. The molecule has 0 bridgehead atoms. The van der Waals surface area contributed by atoms with E-state index < -0.39 is 0 Å². The normalized spacial score (nSPS) is 16.4. The first kappa shape index (κ1) is 10.6. The van der Waals surface area contributed by atoms with Gasteiger partial charge in [-0.05, 0) is 26.2 Å². The summed E-state index contributed by atoms with van der Waals surface area (Å²) in [6.45, 7) is 1.80. The Kier molecular flexibility index (Phi) is 2.75. The van der Waals surface area contributed by atoms with E-state index in [0.29, 0.717) is 4.64 Å². The second-order valence-electron chi connectivity index (χ2n) is 3.94. The van der Waals surface area contributed by atoms with Gasteiger partial charge < -0.3 is 5.11 Å². The molecule has 0 fully saturated rings. The molecule has 1 aliphatic carbocycles. The Bertz CT molecular complexity index is 489. The van der Waals surface area contributed by atoms with Gasteiger partial charge in [0.2, 0.25) is 0 Å². The number of aliphatic hydroxyl groups is 1. The highest BCUT2D eigenvalue weighted by Crippen LogP contribution is 2.22. The lowest BCUT2D eigenvalue weighted by Gasteiger charge is -2.16. The fraction of sp³-hybridized carbons (Fsp3) is 0.600. The highest BCUT2D eigenvalue weighted by atomic mass is 32.1. The quantitative estimate of drug-likeness (QED) is 0.738. The topological polar surface area (TPSA) is 58.0 Å². The van der Waals surface area contributed by atoms with Crippen molar-refractivity contribution in [2.24, 2.45) is 0 Å². The van der Waals surface area contributed by atoms with Gasteiger partial charge >= 0.3 is 5.69 Å². The van der Waals surface area contributed by atoms with Crippen molar-refractivity contribution in [3.05, 3.63) is 26.4 Å². The van der Waals surface area contributed by atoms with Crippen LogP contribution >= 0.6 is 12.2 Å². The van der Waals surface area contributed by atoms with Gasteiger partial charge in [0, 0.05) is 11.3 Å². The molecule has 82 valence electrons. The molecular weight excluding hydrogens is 212 g/mol. The van der Waals surface area contributed by atoms with Crippen molar-refractivity contribution >= 4 is 12.2 Å². The number of aromatic nitrogens is 2. The molecule has 0 saturated heterocycles. The van der Waals surface area contributed by atoms with E-state index in [1.165, 1.54) is 0 Å². The van der Waals surface area contributed by atoms with Crippen molar-refractivity contribution in [2.75, 3.05) is 6.61 Å². The SMILES string of the molecule is CC(CO)n1c2c(c(=S)[nH]c1=O)CCC2. The minimum atomic E-state index is -0.206. The molecule has 1 aromatic rings. The van der Waals surface area contributed by atoms with E-state index in [1.54, 1.807) is 4.57 Å². The molecule has 2 N–H and O–H groups in total. The van der Waals surface area contributed by atoms with E-state index in [0.717, 1.165) is 30.5 Å². The summed E-state index contributed by atoms with van der Waals surface area (Å²) in [6, 6.07) is -0.184. The number of H-pyrrole nitrogens is 1. The van der Waals surface area contributed by atoms with Gasteiger partial charge in [0.15, 0.2) is 0 Å². The molecule has 1 aliphatic rings. The zero-order chi connectivity index (χ0) is 11.0. The fourth-order valence-corrected chi connectivity index (χ4v) is 2.45. The van der Waals surface area contributed by atoms with Gasteiger partial charge in [-0.2, -0.15) is 0 Å². The maximum atomic E-state index is 11.7. The lowest BCUT2D eigenvalue weighted by atomic mass is 10.2. The zero-order valence-corrected chi connectivity index (χ0v) is 9.43. The lowest BCUT2D eigenvalue weighted by molar-refractivity contribution is 0.232. The molecule has 1 atom stereocenters. The molecule has 2 rings (SSSR count). The number of aromatic amines is 1. The number of fused-ring (bicyclic) bond motifs is 1. The highest BCUT2D eigenvalue weighted by Gasteiger charge is 2.20. The first-order valence-electron chi connectivity index (χ1n) is 5.12. The molecule has 0 radical (unpaired) electrons. The summed E-state index contributed by atoms with van der Waals surface area (Å²) in [4.78, 5) is 14.4. The van der Waals surface area contributed by atoms with Crippen LogP contribution in [0.5, 0.6) is 0 Å². The number of hydrogen-bond acceptors (Lipinski definition) is 3. The van der Waals surface area contributed by atoms with Gasteiger partial charge in [0.1, 0.15) is 4.64 Å². The molecule has 5 heteroatoms. The summed E-state index contributed by atoms with van der Waals surface area (Å²) in [5.41, 5.74) is 1.87. The zero-order valence-electron chi connectivity index (χ0n) is 8.62. The third kappa shape index (κ3) is 1.66. The third-order valence-electron chi connectivity index (χ3n) is 2.90. The molecular formula is C10H14N2O2S. The summed E-state index contributed by atoms with van der Waals surface area (Å²) >= 11 is 5.12. The molecule has 1 heterocycles. The maximum absolute atomic E-state index is 11.7. The van der Waals surface area contributed by atoms with Crippen LogP contribution in [0.4, 0.5) is 0 Å². The fourth-order valence-electron chi connectivity index (χ4n) is 2.14. The number of aliphatic hydroxyl groups excluding tert-OH is 1. The molecule has 15 heavy (non-hydrogen) atoms. The molecule has 1 unspecified atom stereocenters. The van der Waals surface area contributed by atoms with E-state index in [-0.39, 0.29) is 18.3 Å². The highest BCUT2D eigenvalue weighted by molar-refractivity contribution is 7.71. The monoisotopic (exact) mass is 226 g/mol. The summed E-state index contributed by atoms with van der Waals surface area (Å²) in [7, 11) is 0. The van der Waals surface area contributed by atoms with Gasteiger partial charge in [0.25, 0.3) is 0 Å². The minimum absolute atomic E-state index is 0.0308. The Labute approximate surface area is 92.6 Å². The summed E-state index contributed by atoms with van der Waals surface area (Å²) in [5, 5.41) is 9.11. The third-order valence-corrected chi connectivity index (χ3v) is 3.25. The van der Waals surface area contributed by atoms with Crippen molar-refractivity contribution in [1.29, 1.82) is 0 Å². The molecule has 0 spiro atoms. The number of nitrogens with zero attached hydrogens (tertiary/aromatic N) is 1. The second kappa shape index (κ2) is 3.90.